The molecular formula is C28H15Cl3N4O4. The molecule has 0 aliphatic carbocycles. The van der Waals surface area contributed by atoms with Crippen LogP contribution in [0.1, 0.15) is 22.6 Å². The highest BCUT2D eigenvalue weighted by Crippen LogP contribution is 2.51. The van der Waals surface area contributed by atoms with E-state index in [-0.39, 0.29) is 11.4 Å². The van der Waals surface area contributed by atoms with E-state index in [1.807, 2.05) is 12.1 Å². The van der Waals surface area contributed by atoms with Gasteiger partial charge in [-0.3, -0.25) is 0 Å². The molecule has 0 spiro atoms. The minimum Gasteiger partial charge on any atom is -0.496 e. The first-order valence-corrected chi connectivity index (χ1v) is 12.8. The maximum Gasteiger partial charge on any atom is 0.344 e. The lowest BCUT2D eigenvalue weighted by atomic mass is 9.84. The van der Waals surface area contributed by atoms with Crippen molar-refractivity contribution in [3.63, 3.8) is 0 Å². The van der Waals surface area contributed by atoms with Crippen LogP contribution < -0.4 is 15.1 Å². The summed E-state index contributed by atoms with van der Waals surface area (Å²) in [7, 11) is 1.55. The highest BCUT2D eigenvalue weighted by molar-refractivity contribution is 6.36. The molecular weight excluding hydrogens is 563 g/mol. The van der Waals surface area contributed by atoms with Crippen LogP contribution in [0.4, 0.5) is 0 Å². The molecule has 11 heteroatoms. The van der Waals surface area contributed by atoms with Crippen LogP contribution in [-0.4, -0.2) is 26.7 Å². The van der Waals surface area contributed by atoms with Gasteiger partial charge in [0.1, 0.15) is 17.7 Å². The number of nitrogens with zero attached hydrogens (tertiary/aromatic N) is 4. The topological polar surface area (TPSA) is 91.8 Å². The maximum atomic E-state index is 13.6. The molecule has 6 aromatic rings. The minimum absolute atomic E-state index is 0.232. The van der Waals surface area contributed by atoms with Gasteiger partial charge in [-0.15, -0.1) is 5.10 Å². The van der Waals surface area contributed by atoms with Crippen molar-refractivity contribution in [2.75, 3.05) is 7.11 Å². The molecule has 0 N–H and O–H groups in total. The monoisotopic (exact) mass is 576 g/mol. The summed E-state index contributed by atoms with van der Waals surface area (Å²) in [6.45, 7) is 0. The molecule has 0 bridgehead atoms. The summed E-state index contributed by atoms with van der Waals surface area (Å²) in [5, 5.41) is 6.44. The average Bonchev–Trinajstić information content (AvgIpc) is 3.37. The number of para-hydroxylation sites is 1. The molecule has 39 heavy (non-hydrogen) atoms. The van der Waals surface area contributed by atoms with E-state index >= 15 is 0 Å². The molecule has 3 aromatic heterocycles. The van der Waals surface area contributed by atoms with Crippen molar-refractivity contribution >= 4 is 51.4 Å². The molecule has 0 saturated heterocycles. The molecule has 0 radical (unpaired) electrons. The Bertz CT molecular complexity index is 2000. The molecule has 1 aliphatic rings. The maximum absolute atomic E-state index is 13.6. The summed E-state index contributed by atoms with van der Waals surface area (Å²) >= 11 is 19.7. The van der Waals surface area contributed by atoms with Gasteiger partial charge in [0.2, 0.25) is 5.88 Å². The first kappa shape index (κ1) is 24.0. The first-order valence-electron chi connectivity index (χ1n) is 11.7. The zero-order valence-electron chi connectivity index (χ0n) is 20.0. The number of hydrogen-bond donors (Lipinski definition) is 0. The van der Waals surface area contributed by atoms with Crippen molar-refractivity contribution in [1.29, 1.82) is 0 Å². The Hall–Kier alpha value is -4.11. The Balaban J connectivity index is 1.57. The molecule has 8 nitrogen and oxygen atoms in total. The third-order valence-corrected chi connectivity index (χ3v) is 7.55. The number of rotatable bonds is 3. The van der Waals surface area contributed by atoms with Gasteiger partial charge in [0.25, 0.3) is 0 Å². The lowest BCUT2D eigenvalue weighted by Crippen LogP contribution is -2.22. The lowest BCUT2D eigenvalue weighted by molar-refractivity contribution is 0.416. The van der Waals surface area contributed by atoms with E-state index in [2.05, 4.69) is 10.1 Å². The van der Waals surface area contributed by atoms with E-state index in [4.69, 9.17) is 53.7 Å². The fraction of sp³-hybridized carbons (Fsp3) is 0.0714. The number of halogens is 3. The van der Waals surface area contributed by atoms with Crippen LogP contribution in [0.2, 0.25) is 15.1 Å². The molecule has 4 heterocycles. The number of hydrogen-bond acceptors (Lipinski definition) is 7. The van der Waals surface area contributed by atoms with Crippen LogP contribution in [0, 0.1) is 0 Å². The van der Waals surface area contributed by atoms with Gasteiger partial charge in [-0.2, -0.15) is 0 Å². The van der Waals surface area contributed by atoms with Crippen LogP contribution in [0.5, 0.6) is 17.4 Å². The zero-order valence-corrected chi connectivity index (χ0v) is 22.3. The average molecular weight is 578 g/mol. The van der Waals surface area contributed by atoms with Crippen molar-refractivity contribution in [3.8, 4) is 28.8 Å². The highest BCUT2D eigenvalue weighted by Gasteiger charge is 2.39. The van der Waals surface area contributed by atoms with Gasteiger partial charge < -0.3 is 13.9 Å². The van der Waals surface area contributed by atoms with Crippen LogP contribution in [0.15, 0.2) is 76.2 Å². The molecule has 0 amide bonds. The smallest absolute Gasteiger partial charge is 0.344 e. The Morgan fingerprint density at radius 2 is 1.74 bits per heavy atom. The van der Waals surface area contributed by atoms with Crippen molar-refractivity contribution < 1.29 is 13.9 Å². The van der Waals surface area contributed by atoms with Gasteiger partial charge in [-0.25, -0.2) is 19.3 Å². The van der Waals surface area contributed by atoms with E-state index in [0.717, 1.165) is 0 Å². The van der Waals surface area contributed by atoms with Gasteiger partial charge in [0.05, 0.1) is 35.1 Å². The third kappa shape index (κ3) is 3.67. The fourth-order valence-electron chi connectivity index (χ4n) is 4.97. The second-order valence-electron chi connectivity index (χ2n) is 8.81. The van der Waals surface area contributed by atoms with E-state index in [1.165, 1.54) is 10.8 Å². The molecule has 7 rings (SSSR count). The molecule has 1 aliphatic heterocycles. The summed E-state index contributed by atoms with van der Waals surface area (Å²) < 4.78 is 19.0. The number of benzene rings is 3. The summed E-state index contributed by atoms with van der Waals surface area (Å²) in [5.41, 5.74) is 1.95. The van der Waals surface area contributed by atoms with E-state index in [0.29, 0.717) is 65.7 Å². The van der Waals surface area contributed by atoms with E-state index < -0.39 is 11.5 Å². The van der Waals surface area contributed by atoms with Gasteiger partial charge in [-0.05, 0) is 42.5 Å². The normalized spacial score (nSPS) is 14.2. The summed E-state index contributed by atoms with van der Waals surface area (Å²) in [6.07, 6.45) is 1.49. The summed E-state index contributed by atoms with van der Waals surface area (Å²) in [6, 6.07) is 17.4. The first-order chi connectivity index (χ1) is 18.9. The molecule has 1 unspecified atom stereocenters. The molecule has 192 valence electrons. The van der Waals surface area contributed by atoms with Crippen molar-refractivity contribution in [2.24, 2.45) is 0 Å². The Kier molecular flexibility index (Phi) is 5.52. The van der Waals surface area contributed by atoms with Crippen LogP contribution >= 0.6 is 34.8 Å². The largest absolute Gasteiger partial charge is 0.496 e. The zero-order chi connectivity index (χ0) is 26.8. The Labute approximate surface area is 235 Å². The predicted octanol–water partition coefficient (Wildman–Crippen LogP) is 7.15. The van der Waals surface area contributed by atoms with E-state index in [1.54, 1.807) is 55.6 Å². The second-order valence-corrected chi connectivity index (χ2v) is 10.1. The standard InChI is InChI=1S/C28H15Cl3N4O4/c1-37-18-10-9-13(29)11-15(18)25-33-26-23-21(20-16(30)6-4-7-17(20)31)22-24(39-27(23)32-12-35(26)34-25)14-5-2-3-8-19(14)38-28(22)36/h2-12,21H,1H3. The van der Waals surface area contributed by atoms with Crippen molar-refractivity contribution in [2.45, 2.75) is 5.92 Å². The van der Waals surface area contributed by atoms with Gasteiger partial charge in [0.15, 0.2) is 17.2 Å². The quantitative estimate of drug-likeness (QED) is 0.206. The third-order valence-electron chi connectivity index (χ3n) is 6.65. The molecule has 0 saturated carbocycles. The summed E-state index contributed by atoms with van der Waals surface area (Å²) in [5.74, 6) is 0.619. The van der Waals surface area contributed by atoms with Crippen molar-refractivity contribution in [3.05, 3.63) is 109 Å². The number of fused-ring (bicyclic) bond motifs is 6. The number of methoxy groups -OCH3 is 1. The Morgan fingerprint density at radius 1 is 0.949 bits per heavy atom. The SMILES string of the molecule is COc1ccc(Cl)cc1-c1nc2c3c(ncn2n1)Oc1c(c(=O)oc2ccccc12)C3c1c(Cl)cccc1Cl. The number of ether oxygens (including phenoxy) is 2. The fourth-order valence-corrected chi connectivity index (χ4v) is 5.76. The number of aromatic nitrogens is 4. The highest BCUT2D eigenvalue weighted by atomic mass is 35.5. The molecule has 3 aromatic carbocycles. The minimum atomic E-state index is -0.819. The van der Waals surface area contributed by atoms with Gasteiger partial charge in [0, 0.05) is 20.6 Å². The predicted molar refractivity (Wildman–Crippen MR) is 148 cm³/mol. The van der Waals surface area contributed by atoms with Crippen LogP contribution in [0.25, 0.3) is 28.0 Å². The second kappa shape index (κ2) is 8.98. The summed E-state index contributed by atoms with van der Waals surface area (Å²) in [4.78, 5) is 22.9. The van der Waals surface area contributed by atoms with E-state index in [9.17, 15) is 4.79 Å². The van der Waals surface area contributed by atoms with Crippen LogP contribution in [-0.2, 0) is 0 Å². The van der Waals surface area contributed by atoms with Crippen LogP contribution in [0.3, 0.4) is 0 Å². The lowest BCUT2D eigenvalue weighted by Gasteiger charge is -2.28. The molecule has 0 fully saturated rings. The van der Waals surface area contributed by atoms with Gasteiger partial charge in [-0.1, -0.05) is 53.0 Å². The van der Waals surface area contributed by atoms with Crippen molar-refractivity contribution in [1.82, 2.24) is 19.6 Å². The Morgan fingerprint density at radius 3 is 2.54 bits per heavy atom. The molecule has 1 atom stereocenters. The van der Waals surface area contributed by atoms with Gasteiger partial charge >= 0.3 is 5.63 Å².